The third-order valence-corrected chi connectivity index (χ3v) is 3.86. The number of aliphatic hydroxyl groups is 1. The van der Waals surface area contributed by atoms with E-state index in [0.717, 1.165) is 18.6 Å². The third-order valence-electron chi connectivity index (χ3n) is 3.86. The molecule has 1 atom stereocenters. The molecule has 1 heterocycles. The van der Waals surface area contributed by atoms with E-state index in [-0.39, 0.29) is 6.03 Å². The van der Waals surface area contributed by atoms with Gasteiger partial charge in [0.25, 0.3) is 0 Å². The number of carbonyl (C=O) groups is 1. The first-order chi connectivity index (χ1) is 10.6. The lowest BCUT2D eigenvalue weighted by Crippen LogP contribution is -2.47. The fourth-order valence-corrected chi connectivity index (χ4v) is 2.66. The average Bonchev–Trinajstić information content (AvgIpc) is 2.51. The van der Waals surface area contributed by atoms with Crippen molar-refractivity contribution < 1.29 is 14.6 Å². The van der Waals surface area contributed by atoms with E-state index >= 15 is 0 Å². The molecule has 0 saturated carbocycles. The molecule has 0 radical (unpaired) electrons. The lowest BCUT2D eigenvalue weighted by Gasteiger charge is -2.30. The number of ether oxygens (including phenoxy) is 1. The lowest BCUT2D eigenvalue weighted by atomic mass is 10.0. The predicted molar refractivity (Wildman–Crippen MR) is 86.2 cm³/mol. The molecule has 0 bridgehead atoms. The van der Waals surface area contributed by atoms with E-state index in [4.69, 9.17) is 4.74 Å². The quantitative estimate of drug-likeness (QED) is 0.821. The van der Waals surface area contributed by atoms with Crippen LogP contribution in [0, 0.1) is 0 Å². The first kappa shape index (κ1) is 16.6. The number of piperidine rings is 1. The van der Waals surface area contributed by atoms with Gasteiger partial charge in [-0.1, -0.05) is 32.0 Å². The van der Waals surface area contributed by atoms with Crippen molar-refractivity contribution in [2.75, 3.05) is 26.2 Å². The Morgan fingerprint density at radius 2 is 2.23 bits per heavy atom. The number of nitrogens with one attached hydrogen (secondary N) is 1. The first-order valence-corrected chi connectivity index (χ1v) is 8.00. The topological polar surface area (TPSA) is 61.8 Å². The van der Waals surface area contributed by atoms with Crippen molar-refractivity contribution in [2.45, 2.75) is 38.7 Å². The third kappa shape index (κ3) is 4.63. The summed E-state index contributed by atoms with van der Waals surface area (Å²) in [5.74, 6) is 1.28. The van der Waals surface area contributed by atoms with Gasteiger partial charge in [0.05, 0.1) is 12.6 Å². The fraction of sp³-hybridized carbons (Fsp3) is 0.588. The Labute approximate surface area is 132 Å². The van der Waals surface area contributed by atoms with E-state index in [9.17, 15) is 9.90 Å². The Kier molecular flexibility index (Phi) is 6.07. The molecule has 0 aliphatic carbocycles. The average molecular weight is 306 g/mol. The Balaban J connectivity index is 1.74. The van der Waals surface area contributed by atoms with Crippen LogP contribution in [-0.4, -0.2) is 48.4 Å². The first-order valence-electron chi connectivity index (χ1n) is 8.00. The van der Waals surface area contributed by atoms with Crippen LogP contribution in [0.25, 0.3) is 0 Å². The molecule has 0 aromatic heterocycles. The van der Waals surface area contributed by atoms with Gasteiger partial charge in [0.15, 0.2) is 0 Å². The van der Waals surface area contributed by atoms with Gasteiger partial charge < -0.3 is 20.1 Å². The minimum absolute atomic E-state index is 0.125. The van der Waals surface area contributed by atoms with Crippen molar-refractivity contribution in [3.8, 4) is 5.75 Å². The van der Waals surface area contributed by atoms with Crippen LogP contribution in [0.1, 0.15) is 38.2 Å². The molecule has 1 unspecified atom stereocenters. The summed E-state index contributed by atoms with van der Waals surface area (Å²) in [4.78, 5) is 13.6. The number of hydrogen-bond donors (Lipinski definition) is 2. The van der Waals surface area contributed by atoms with Gasteiger partial charge in [-0.05, 0) is 30.4 Å². The van der Waals surface area contributed by atoms with Crippen LogP contribution in [0.4, 0.5) is 4.79 Å². The van der Waals surface area contributed by atoms with Gasteiger partial charge in [-0.25, -0.2) is 4.79 Å². The maximum Gasteiger partial charge on any atom is 0.317 e. The number of benzene rings is 1. The molecule has 1 aliphatic heterocycles. The van der Waals surface area contributed by atoms with E-state index in [2.05, 4.69) is 25.2 Å². The minimum atomic E-state index is -0.395. The van der Waals surface area contributed by atoms with E-state index in [1.807, 2.05) is 18.2 Å². The van der Waals surface area contributed by atoms with Crippen molar-refractivity contribution in [2.24, 2.45) is 0 Å². The van der Waals surface area contributed by atoms with E-state index < -0.39 is 6.10 Å². The molecule has 22 heavy (non-hydrogen) atoms. The highest BCUT2D eigenvalue weighted by Crippen LogP contribution is 2.25. The molecule has 1 aromatic rings. The number of β-amino-alcohol motifs (C(OH)–C–C–N with tert-alkyl or cyclic N) is 1. The number of para-hydroxylation sites is 1. The van der Waals surface area contributed by atoms with Crippen LogP contribution < -0.4 is 10.1 Å². The van der Waals surface area contributed by atoms with Crippen LogP contribution in [-0.2, 0) is 0 Å². The monoisotopic (exact) mass is 306 g/mol. The fourth-order valence-electron chi connectivity index (χ4n) is 2.66. The second-order valence-electron chi connectivity index (χ2n) is 6.01. The number of aliphatic hydroxyl groups excluding tert-OH is 1. The molecule has 0 spiro atoms. The van der Waals surface area contributed by atoms with Gasteiger partial charge in [-0.3, -0.25) is 0 Å². The highest BCUT2D eigenvalue weighted by Gasteiger charge is 2.21. The normalized spacial score (nSPS) is 18.4. The van der Waals surface area contributed by atoms with Gasteiger partial charge in [0, 0.05) is 13.1 Å². The molecule has 2 amide bonds. The Morgan fingerprint density at radius 3 is 2.95 bits per heavy atom. The molecule has 1 fully saturated rings. The molecule has 5 heteroatoms. The van der Waals surface area contributed by atoms with Crippen molar-refractivity contribution in [3.63, 3.8) is 0 Å². The van der Waals surface area contributed by atoms with Crippen molar-refractivity contribution in [1.29, 1.82) is 0 Å². The zero-order chi connectivity index (χ0) is 15.9. The molecular formula is C17H26N2O3. The molecule has 1 aliphatic rings. The molecule has 122 valence electrons. The predicted octanol–water partition coefficient (Wildman–Crippen LogP) is 2.36. The summed E-state index contributed by atoms with van der Waals surface area (Å²) in [5, 5.41) is 12.4. The van der Waals surface area contributed by atoms with Crippen LogP contribution in [0.15, 0.2) is 24.3 Å². The molecular weight excluding hydrogens is 280 g/mol. The number of amides is 2. The van der Waals surface area contributed by atoms with Crippen molar-refractivity contribution in [1.82, 2.24) is 10.2 Å². The largest absolute Gasteiger partial charge is 0.491 e. The van der Waals surface area contributed by atoms with Gasteiger partial charge in [0.2, 0.25) is 0 Å². The van der Waals surface area contributed by atoms with E-state index in [1.54, 1.807) is 4.90 Å². The smallest absolute Gasteiger partial charge is 0.317 e. The number of hydrogen-bond acceptors (Lipinski definition) is 3. The highest BCUT2D eigenvalue weighted by atomic mass is 16.5. The lowest BCUT2D eigenvalue weighted by molar-refractivity contribution is 0.0840. The minimum Gasteiger partial charge on any atom is -0.491 e. The standard InChI is InChI=1S/C17H26N2O3/c1-13(2)15-7-3-4-8-16(15)22-11-9-18-17(21)19-10-5-6-14(20)12-19/h3-4,7-8,13-14,20H,5-6,9-12H2,1-2H3,(H,18,21). The molecule has 5 nitrogen and oxygen atoms in total. The number of urea groups is 1. The summed E-state index contributed by atoms with van der Waals surface area (Å²) in [6.07, 6.45) is 1.24. The summed E-state index contributed by atoms with van der Waals surface area (Å²) < 4.78 is 5.77. The van der Waals surface area contributed by atoms with Gasteiger partial charge in [0.1, 0.15) is 12.4 Å². The zero-order valence-electron chi connectivity index (χ0n) is 13.4. The maximum atomic E-state index is 12.0. The molecule has 2 N–H and O–H groups in total. The maximum absolute atomic E-state index is 12.0. The van der Waals surface area contributed by atoms with Gasteiger partial charge in [-0.15, -0.1) is 0 Å². The van der Waals surface area contributed by atoms with Gasteiger partial charge in [-0.2, -0.15) is 0 Å². The Morgan fingerprint density at radius 1 is 1.45 bits per heavy atom. The Hall–Kier alpha value is -1.75. The highest BCUT2D eigenvalue weighted by molar-refractivity contribution is 5.74. The van der Waals surface area contributed by atoms with Crippen LogP contribution in [0.5, 0.6) is 5.75 Å². The van der Waals surface area contributed by atoms with Crippen molar-refractivity contribution in [3.05, 3.63) is 29.8 Å². The second-order valence-corrected chi connectivity index (χ2v) is 6.01. The summed E-state index contributed by atoms with van der Waals surface area (Å²) in [7, 11) is 0. The molecule has 1 aromatic carbocycles. The number of rotatable bonds is 5. The summed E-state index contributed by atoms with van der Waals surface area (Å²) in [6.45, 7) is 6.28. The van der Waals surface area contributed by atoms with Gasteiger partial charge >= 0.3 is 6.03 Å². The zero-order valence-corrected chi connectivity index (χ0v) is 13.4. The van der Waals surface area contributed by atoms with E-state index in [1.165, 1.54) is 5.56 Å². The second kappa shape index (κ2) is 8.03. The molecule has 1 saturated heterocycles. The number of carbonyl (C=O) groups excluding carboxylic acids is 1. The van der Waals surface area contributed by atoms with E-state index in [0.29, 0.717) is 32.2 Å². The molecule has 2 rings (SSSR count). The van der Waals surface area contributed by atoms with Crippen LogP contribution in [0.3, 0.4) is 0 Å². The van der Waals surface area contributed by atoms with Crippen molar-refractivity contribution >= 4 is 6.03 Å². The van der Waals surface area contributed by atoms with Crippen LogP contribution in [0.2, 0.25) is 0 Å². The summed E-state index contributed by atoms with van der Waals surface area (Å²) in [6, 6.07) is 7.85. The Bertz CT molecular complexity index is 491. The number of likely N-dealkylation sites (tertiary alicyclic amines) is 1. The number of nitrogens with zero attached hydrogens (tertiary/aromatic N) is 1. The van der Waals surface area contributed by atoms with Crippen LogP contribution >= 0.6 is 0 Å². The SMILES string of the molecule is CC(C)c1ccccc1OCCNC(=O)N1CCCC(O)C1. The summed E-state index contributed by atoms with van der Waals surface area (Å²) >= 11 is 0. The summed E-state index contributed by atoms with van der Waals surface area (Å²) in [5.41, 5.74) is 1.17.